The molecule has 0 aliphatic carbocycles. The van der Waals surface area contributed by atoms with E-state index in [-0.39, 0.29) is 5.91 Å². The first-order chi connectivity index (χ1) is 7.20. The molecule has 0 spiro atoms. The Bertz CT molecular complexity index is 273. The summed E-state index contributed by atoms with van der Waals surface area (Å²) in [7, 11) is -0.645. The van der Waals surface area contributed by atoms with Gasteiger partial charge in [0.2, 0.25) is 5.91 Å². The molecule has 2 aliphatic rings. The van der Waals surface area contributed by atoms with Gasteiger partial charge in [-0.25, -0.2) is 0 Å². The van der Waals surface area contributed by atoms with Gasteiger partial charge in [-0.3, -0.25) is 9.00 Å². The molecule has 2 fully saturated rings. The van der Waals surface area contributed by atoms with Gasteiger partial charge in [0.05, 0.1) is 0 Å². The molecule has 1 amide bonds. The Morgan fingerprint density at radius 3 is 2.60 bits per heavy atom. The predicted octanol–water partition coefficient (Wildman–Crippen LogP) is -0.295. The average Bonchev–Trinajstić information content (AvgIpc) is 2.61. The van der Waals surface area contributed by atoms with Crippen LogP contribution in [-0.2, 0) is 15.6 Å². The lowest BCUT2D eigenvalue weighted by molar-refractivity contribution is -0.129. The fraction of sp³-hybridized carbons (Fsp3) is 0.900. The van der Waals surface area contributed by atoms with Gasteiger partial charge in [-0.1, -0.05) is 0 Å². The second-order valence-electron chi connectivity index (χ2n) is 4.43. The molecule has 86 valence electrons. The molecule has 2 N–H and O–H groups in total. The minimum absolute atomic E-state index is 0.239. The van der Waals surface area contributed by atoms with Crippen LogP contribution in [-0.4, -0.2) is 45.7 Å². The highest BCUT2D eigenvalue weighted by molar-refractivity contribution is 7.85. The standard InChI is InChI=1S/C10H18N2O2S/c11-6-8-5-10(13)12(7-8)9-1-3-15(14)4-2-9/h8-9H,1-7,11H2. The summed E-state index contributed by atoms with van der Waals surface area (Å²) in [5.41, 5.74) is 5.58. The highest BCUT2D eigenvalue weighted by atomic mass is 32.2. The van der Waals surface area contributed by atoms with Crippen molar-refractivity contribution in [1.29, 1.82) is 0 Å². The number of rotatable bonds is 2. The molecule has 15 heavy (non-hydrogen) atoms. The number of hydrogen-bond acceptors (Lipinski definition) is 3. The highest BCUT2D eigenvalue weighted by Crippen LogP contribution is 2.24. The maximum atomic E-state index is 11.7. The third kappa shape index (κ3) is 2.39. The Balaban J connectivity index is 1.93. The van der Waals surface area contributed by atoms with Crippen LogP contribution < -0.4 is 5.73 Å². The van der Waals surface area contributed by atoms with Crippen molar-refractivity contribution < 1.29 is 9.00 Å². The Morgan fingerprint density at radius 2 is 2.07 bits per heavy atom. The lowest BCUT2D eigenvalue weighted by atomic mass is 10.1. The van der Waals surface area contributed by atoms with Crippen molar-refractivity contribution in [2.75, 3.05) is 24.6 Å². The van der Waals surface area contributed by atoms with E-state index in [0.717, 1.165) is 30.9 Å². The molecule has 1 atom stereocenters. The van der Waals surface area contributed by atoms with E-state index < -0.39 is 10.8 Å². The third-order valence-corrected chi connectivity index (χ3v) is 4.75. The van der Waals surface area contributed by atoms with Gasteiger partial charge < -0.3 is 10.6 Å². The lowest BCUT2D eigenvalue weighted by Crippen LogP contribution is -2.41. The van der Waals surface area contributed by atoms with Crippen LogP contribution in [0.1, 0.15) is 19.3 Å². The zero-order valence-corrected chi connectivity index (χ0v) is 9.67. The van der Waals surface area contributed by atoms with Crippen LogP contribution in [0.15, 0.2) is 0 Å². The Labute approximate surface area is 92.6 Å². The molecule has 1 unspecified atom stereocenters. The maximum absolute atomic E-state index is 11.7. The van der Waals surface area contributed by atoms with Crippen LogP contribution in [0.25, 0.3) is 0 Å². The first-order valence-corrected chi connectivity index (χ1v) is 7.04. The number of nitrogens with two attached hydrogens (primary N) is 1. The average molecular weight is 230 g/mol. The summed E-state index contributed by atoms with van der Waals surface area (Å²) in [5, 5.41) is 0. The monoisotopic (exact) mass is 230 g/mol. The first-order valence-electron chi connectivity index (χ1n) is 5.55. The van der Waals surface area contributed by atoms with Crippen LogP contribution in [0, 0.1) is 5.92 Å². The zero-order chi connectivity index (χ0) is 10.8. The van der Waals surface area contributed by atoms with Crippen molar-refractivity contribution in [3.8, 4) is 0 Å². The molecule has 2 heterocycles. The van der Waals surface area contributed by atoms with Gasteiger partial charge in [-0.15, -0.1) is 0 Å². The molecule has 0 aromatic heterocycles. The summed E-state index contributed by atoms with van der Waals surface area (Å²) in [4.78, 5) is 13.7. The third-order valence-electron chi connectivity index (χ3n) is 3.37. The molecule has 0 aromatic rings. The van der Waals surface area contributed by atoms with Crippen LogP contribution in [0.5, 0.6) is 0 Å². The van der Waals surface area contributed by atoms with E-state index in [1.54, 1.807) is 0 Å². The largest absolute Gasteiger partial charge is 0.339 e. The van der Waals surface area contributed by atoms with E-state index in [1.807, 2.05) is 4.90 Å². The smallest absolute Gasteiger partial charge is 0.223 e. The van der Waals surface area contributed by atoms with Gasteiger partial charge in [0.1, 0.15) is 0 Å². The first kappa shape index (κ1) is 11.1. The second-order valence-corrected chi connectivity index (χ2v) is 6.13. The fourth-order valence-electron chi connectivity index (χ4n) is 2.41. The number of likely N-dealkylation sites (tertiary alicyclic amines) is 1. The van der Waals surface area contributed by atoms with Crippen molar-refractivity contribution in [2.45, 2.75) is 25.3 Å². The Morgan fingerprint density at radius 1 is 1.40 bits per heavy atom. The highest BCUT2D eigenvalue weighted by Gasteiger charge is 2.34. The fourth-order valence-corrected chi connectivity index (χ4v) is 3.69. The zero-order valence-electron chi connectivity index (χ0n) is 8.85. The summed E-state index contributed by atoms with van der Waals surface area (Å²) in [6, 6.07) is 0.326. The summed E-state index contributed by atoms with van der Waals surface area (Å²) in [5.74, 6) is 2.08. The molecule has 5 heteroatoms. The number of amides is 1. The lowest BCUT2D eigenvalue weighted by Gasteiger charge is -2.30. The topological polar surface area (TPSA) is 63.4 Å². The quantitative estimate of drug-likeness (QED) is 0.708. The van der Waals surface area contributed by atoms with Crippen LogP contribution >= 0.6 is 0 Å². The SMILES string of the molecule is NCC1CC(=O)N(C2CCS(=O)CC2)C1. The van der Waals surface area contributed by atoms with Crippen molar-refractivity contribution >= 4 is 16.7 Å². The van der Waals surface area contributed by atoms with E-state index in [9.17, 15) is 9.00 Å². The summed E-state index contributed by atoms with van der Waals surface area (Å²) >= 11 is 0. The normalized spacial score (nSPS) is 37.3. The molecule has 2 rings (SSSR count). The van der Waals surface area contributed by atoms with Crippen LogP contribution in [0.3, 0.4) is 0 Å². The summed E-state index contributed by atoms with van der Waals surface area (Å²) in [6.07, 6.45) is 2.40. The van der Waals surface area contributed by atoms with Gasteiger partial charge in [-0.05, 0) is 25.3 Å². The molecule has 0 radical (unpaired) electrons. The van der Waals surface area contributed by atoms with Gasteiger partial charge in [0.25, 0.3) is 0 Å². The van der Waals surface area contributed by atoms with Gasteiger partial charge in [0.15, 0.2) is 0 Å². The molecule has 2 aliphatic heterocycles. The molecular weight excluding hydrogens is 212 g/mol. The number of hydrogen-bond donors (Lipinski definition) is 1. The molecule has 2 saturated heterocycles. The minimum Gasteiger partial charge on any atom is -0.339 e. The van der Waals surface area contributed by atoms with Crippen molar-refractivity contribution in [2.24, 2.45) is 11.7 Å². The van der Waals surface area contributed by atoms with E-state index in [1.165, 1.54) is 0 Å². The van der Waals surface area contributed by atoms with Gasteiger partial charge in [0, 0.05) is 41.3 Å². The minimum atomic E-state index is -0.645. The molecule has 0 bridgehead atoms. The Kier molecular flexibility index (Phi) is 3.41. The van der Waals surface area contributed by atoms with E-state index in [0.29, 0.717) is 24.9 Å². The molecule has 4 nitrogen and oxygen atoms in total. The number of carbonyl (C=O) groups excluding carboxylic acids is 1. The number of nitrogens with zero attached hydrogens (tertiary/aromatic N) is 1. The van der Waals surface area contributed by atoms with E-state index >= 15 is 0 Å². The Hall–Kier alpha value is -0.420. The molecular formula is C10H18N2O2S. The van der Waals surface area contributed by atoms with Gasteiger partial charge in [-0.2, -0.15) is 0 Å². The maximum Gasteiger partial charge on any atom is 0.223 e. The van der Waals surface area contributed by atoms with Crippen molar-refractivity contribution in [3.05, 3.63) is 0 Å². The van der Waals surface area contributed by atoms with E-state index in [2.05, 4.69) is 0 Å². The van der Waals surface area contributed by atoms with Crippen LogP contribution in [0.2, 0.25) is 0 Å². The second kappa shape index (κ2) is 4.61. The van der Waals surface area contributed by atoms with Crippen LogP contribution in [0.4, 0.5) is 0 Å². The summed E-state index contributed by atoms with van der Waals surface area (Å²) in [6.45, 7) is 1.41. The molecule has 0 saturated carbocycles. The van der Waals surface area contributed by atoms with Gasteiger partial charge >= 0.3 is 0 Å². The van der Waals surface area contributed by atoms with E-state index in [4.69, 9.17) is 5.73 Å². The molecule has 0 aromatic carbocycles. The van der Waals surface area contributed by atoms with Crippen molar-refractivity contribution in [1.82, 2.24) is 4.90 Å². The number of carbonyl (C=O) groups is 1. The summed E-state index contributed by atoms with van der Waals surface area (Å²) < 4.78 is 11.2. The predicted molar refractivity (Wildman–Crippen MR) is 59.8 cm³/mol. The van der Waals surface area contributed by atoms with Crippen molar-refractivity contribution in [3.63, 3.8) is 0 Å².